The molecule has 0 atom stereocenters. The molecule has 124 valence electrons. The molecule has 1 aromatic rings. The first-order chi connectivity index (χ1) is 10.1. The zero-order chi connectivity index (χ0) is 15.1. The van der Waals surface area contributed by atoms with E-state index in [2.05, 4.69) is 15.6 Å². The zero-order valence-electron chi connectivity index (χ0n) is 12.9. The molecule has 0 heterocycles. The number of aliphatic hydroxyl groups is 1. The van der Waals surface area contributed by atoms with Gasteiger partial charge < -0.3 is 15.7 Å². The van der Waals surface area contributed by atoms with Crippen LogP contribution in [0.4, 0.5) is 4.39 Å². The summed E-state index contributed by atoms with van der Waals surface area (Å²) in [6, 6.07) is 6.53. The Morgan fingerprint density at radius 2 is 1.95 bits per heavy atom. The first-order valence-electron chi connectivity index (χ1n) is 7.60. The van der Waals surface area contributed by atoms with Crippen LogP contribution >= 0.6 is 24.0 Å². The highest BCUT2D eigenvalue weighted by molar-refractivity contribution is 14.0. The molecule has 0 spiro atoms. The molecule has 1 aliphatic carbocycles. The van der Waals surface area contributed by atoms with Gasteiger partial charge in [-0.25, -0.2) is 4.39 Å². The van der Waals surface area contributed by atoms with E-state index in [0.29, 0.717) is 6.54 Å². The largest absolute Gasteiger partial charge is 0.388 e. The van der Waals surface area contributed by atoms with Crippen LogP contribution in [0.25, 0.3) is 0 Å². The van der Waals surface area contributed by atoms with E-state index in [-0.39, 0.29) is 29.8 Å². The molecule has 0 aromatic heterocycles. The molecule has 4 nitrogen and oxygen atoms in total. The van der Waals surface area contributed by atoms with Gasteiger partial charge in [-0.2, -0.15) is 0 Å². The van der Waals surface area contributed by atoms with E-state index in [0.717, 1.165) is 50.3 Å². The molecule has 1 fully saturated rings. The standard InChI is InChI=1S/C16H24FN3O.HI/c1-2-18-15(20-12-16(21)9-3-10-16)19-11-8-13-4-6-14(17)7-5-13;/h4-7,21H,2-3,8-12H2,1H3,(H2,18,19,20);1H. The Hall–Kier alpha value is -0.890. The summed E-state index contributed by atoms with van der Waals surface area (Å²) >= 11 is 0. The summed E-state index contributed by atoms with van der Waals surface area (Å²) in [5.41, 5.74) is 0.483. The summed E-state index contributed by atoms with van der Waals surface area (Å²) in [6.07, 6.45) is 3.56. The number of nitrogens with zero attached hydrogens (tertiary/aromatic N) is 1. The van der Waals surface area contributed by atoms with Crippen LogP contribution in [0.1, 0.15) is 31.7 Å². The Morgan fingerprint density at radius 3 is 2.50 bits per heavy atom. The number of benzene rings is 1. The fourth-order valence-electron chi connectivity index (χ4n) is 2.29. The lowest BCUT2D eigenvalue weighted by Crippen LogP contribution is -2.43. The molecule has 0 unspecified atom stereocenters. The second-order valence-corrected chi connectivity index (χ2v) is 5.58. The summed E-state index contributed by atoms with van der Waals surface area (Å²) in [7, 11) is 0. The minimum atomic E-state index is -0.598. The van der Waals surface area contributed by atoms with Gasteiger partial charge in [-0.3, -0.25) is 4.99 Å². The van der Waals surface area contributed by atoms with E-state index in [1.807, 2.05) is 6.92 Å². The van der Waals surface area contributed by atoms with Gasteiger partial charge in [-0.1, -0.05) is 12.1 Å². The van der Waals surface area contributed by atoms with Crippen LogP contribution in [-0.2, 0) is 6.42 Å². The van der Waals surface area contributed by atoms with Crippen LogP contribution in [0.2, 0.25) is 0 Å². The van der Waals surface area contributed by atoms with Crippen LogP contribution in [0.5, 0.6) is 0 Å². The van der Waals surface area contributed by atoms with Crippen molar-refractivity contribution in [1.82, 2.24) is 10.6 Å². The molecular weight excluding hydrogens is 396 g/mol. The van der Waals surface area contributed by atoms with Crippen molar-refractivity contribution < 1.29 is 9.50 Å². The zero-order valence-corrected chi connectivity index (χ0v) is 15.3. The third kappa shape index (κ3) is 6.08. The number of hydrogen-bond donors (Lipinski definition) is 3. The molecule has 1 aromatic carbocycles. The maximum atomic E-state index is 12.8. The van der Waals surface area contributed by atoms with Crippen molar-refractivity contribution in [2.24, 2.45) is 4.99 Å². The van der Waals surface area contributed by atoms with Crippen molar-refractivity contribution in [3.05, 3.63) is 35.6 Å². The van der Waals surface area contributed by atoms with E-state index in [4.69, 9.17) is 0 Å². The Kier molecular flexibility index (Phi) is 8.09. The molecule has 2 rings (SSSR count). The minimum Gasteiger partial charge on any atom is -0.388 e. The van der Waals surface area contributed by atoms with Crippen LogP contribution in [0.15, 0.2) is 29.3 Å². The predicted octanol–water partition coefficient (Wildman–Crippen LogP) is 2.46. The fourth-order valence-corrected chi connectivity index (χ4v) is 2.29. The lowest BCUT2D eigenvalue weighted by molar-refractivity contribution is -0.0236. The van der Waals surface area contributed by atoms with E-state index in [1.54, 1.807) is 12.1 Å². The Labute approximate surface area is 148 Å². The molecule has 3 N–H and O–H groups in total. The monoisotopic (exact) mass is 421 g/mol. The van der Waals surface area contributed by atoms with Gasteiger partial charge >= 0.3 is 0 Å². The van der Waals surface area contributed by atoms with Crippen LogP contribution in [0, 0.1) is 5.82 Å². The third-order valence-corrected chi connectivity index (χ3v) is 3.78. The summed E-state index contributed by atoms with van der Waals surface area (Å²) in [5, 5.41) is 16.5. The topological polar surface area (TPSA) is 56.7 Å². The molecular formula is C16H25FIN3O. The molecule has 0 saturated heterocycles. The van der Waals surface area contributed by atoms with E-state index < -0.39 is 5.60 Å². The Balaban J connectivity index is 0.00000242. The average molecular weight is 421 g/mol. The van der Waals surface area contributed by atoms with Gasteiger partial charge in [0.05, 0.1) is 12.1 Å². The fraction of sp³-hybridized carbons (Fsp3) is 0.562. The minimum absolute atomic E-state index is 0. The average Bonchev–Trinajstić information content (AvgIpc) is 2.45. The van der Waals surface area contributed by atoms with Gasteiger partial charge in [0.15, 0.2) is 5.96 Å². The highest BCUT2D eigenvalue weighted by Crippen LogP contribution is 2.31. The number of nitrogens with one attached hydrogen (secondary N) is 2. The SMILES string of the molecule is CCNC(=NCC1(O)CCC1)NCCc1ccc(F)cc1.I. The van der Waals surface area contributed by atoms with E-state index in [1.165, 1.54) is 12.1 Å². The van der Waals surface area contributed by atoms with Gasteiger partial charge in [0.1, 0.15) is 5.82 Å². The summed E-state index contributed by atoms with van der Waals surface area (Å²) in [6.45, 7) is 3.95. The molecule has 1 saturated carbocycles. The number of guanidine groups is 1. The van der Waals surface area contributed by atoms with Crippen molar-refractivity contribution in [3.63, 3.8) is 0 Å². The highest BCUT2D eigenvalue weighted by Gasteiger charge is 2.34. The van der Waals surface area contributed by atoms with Crippen LogP contribution in [0.3, 0.4) is 0 Å². The predicted molar refractivity (Wildman–Crippen MR) is 98.3 cm³/mol. The molecule has 6 heteroatoms. The quantitative estimate of drug-likeness (QED) is 0.376. The first-order valence-corrected chi connectivity index (χ1v) is 7.60. The van der Waals surface area contributed by atoms with Gasteiger partial charge in [0.2, 0.25) is 0 Å². The summed E-state index contributed by atoms with van der Waals surface area (Å²) < 4.78 is 12.8. The Bertz CT molecular complexity index is 475. The summed E-state index contributed by atoms with van der Waals surface area (Å²) in [4.78, 5) is 4.44. The number of aliphatic imine (C=N–C) groups is 1. The van der Waals surface area contributed by atoms with E-state index in [9.17, 15) is 9.50 Å². The van der Waals surface area contributed by atoms with Crippen molar-refractivity contribution in [1.29, 1.82) is 0 Å². The third-order valence-electron chi connectivity index (χ3n) is 3.78. The summed E-state index contributed by atoms with van der Waals surface area (Å²) in [5.74, 6) is 0.510. The first kappa shape index (κ1) is 19.2. The van der Waals surface area contributed by atoms with Crippen molar-refractivity contribution in [2.75, 3.05) is 19.6 Å². The molecule has 0 aliphatic heterocycles. The highest BCUT2D eigenvalue weighted by atomic mass is 127. The molecule has 0 amide bonds. The van der Waals surface area contributed by atoms with Gasteiger partial charge in [0, 0.05) is 13.1 Å². The number of hydrogen-bond acceptors (Lipinski definition) is 2. The van der Waals surface area contributed by atoms with Crippen molar-refractivity contribution in [2.45, 2.75) is 38.2 Å². The lowest BCUT2D eigenvalue weighted by atomic mass is 9.80. The lowest BCUT2D eigenvalue weighted by Gasteiger charge is -2.35. The van der Waals surface area contributed by atoms with Crippen LogP contribution < -0.4 is 10.6 Å². The van der Waals surface area contributed by atoms with Gasteiger partial charge in [-0.05, 0) is 50.3 Å². The van der Waals surface area contributed by atoms with Crippen LogP contribution in [-0.4, -0.2) is 36.3 Å². The maximum Gasteiger partial charge on any atom is 0.191 e. The normalized spacial score (nSPS) is 16.4. The number of halogens is 2. The second kappa shape index (κ2) is 9.29. The molecule has 22 heavy (non-hydrogen) atoms. The van der Waals surface area contributed by atoms with E-state index >= 15 is 0 Å². The molecule has 0 bridgehead atoms. The van der Waals surface area contributed by atoms with Crippen molar-refractivity contribution >= 4 is 29.9 Å². The second-order valence-electron chi connectivity index (χ2n) is 5.58. The Morgan fingerprint density at radius 1 is 1.27 bits per heavy atom. The van der Waals surface area contributed by atoms with Gasteiger partial charge in [0.25, 0.3) is 0 Å². The molecule has 1 aliphatic rings. The maximum absolute atomic E-state index is 12.8. The van der Waals surface area contributed by atoms with Crippen molar-refractivity contribution in [3.8, 4) is 0 Å². The number of rotatable bonds is 6. The van der Waals surface area contributed by atoms with Gasteiger partial charge in [-0.15, -0.1) is 24.0 Å². The molecule has 0 radical (unpaired) electrons. The smallest absolute Gasteiger partial charge is 0.191 e.